The summed E-state index contributed by atoms with van der Waals surface area (Å²) in [6, 6.07) is 14.1. The van der Waals surface area contributed by atoms with Gasteiger partial charge in [0.2, 0.25) is 0 Å². The van der Waals surface area contributed by atoms with Gasteiger partial charge in [0.1, 0.15) is 24.2 Å². The van der Waals surface area contributed by atoms with Gasteiger partial charge in [0.05, 0.1) is 24.3 Å². The fourth-order valence-corrected chi connectivity index (χ4v) is 5.22. The number of carbonyl (C=O) groups is 2. The minimum absolute atomic E-state index is 0.0402. The van der Waals surface area contributed by atoms with E-state index in [1.807, 2.05) is 12.1 Å². The summed E-state index contributed by atoms with van der Waals surface area (Å²) in [4.78, 5) is 25.9. The molecule has 0 spiro atoms. The zero-order valence-electron chi connectivity index (χ0n) is 24.9. The highest BCUT2D eigenvalue weighted by molar-refractivity contribution is 5.90. The molecular weight excluding hydrogens is 504 g/mol. The van der Waals surface area contributed by atoms with Crippen LogP contribution in [0, 0.1) is 17.8 Å². The molecule has 0 saturated heterocycles. The van der Waals surface area contributed by atoms with Crippen molar-refractivity contribution in [2.45, 2.75) is 91.6 Å². The highest BCUT2D eigenvalue weighted by Gasteiger charge is 2.29. The SMILES string of the molecule is CCCC(C)COc1ccc(C(=O)OCC(OC(=O)c2ccc(OCC(C)CCC)cc2)C2CCCCC2)cc1. The Morgan fingerprint density at radius 1 is 0.700 bits per heavy atom. The van der Waals surface area contributed by atoms with Crippen LogP contribution in [-0.4, -0.2) is 37.9 Å². The average molecular weight is 553 g/mol. The summed E-state index contributed by atoms with van der Waals surface area (Å²) in [5.41, 5.74) is 0.913. The van der Waals surface area contributed by atoms with Crippen LogP contribution in [-0.2, 0) is 9.47 Å². The van der Waals surface area contributed by atoms with Crippen molar-refractivity contribution in [2.24, 2.45) is 17.8 Å². The molecule has 6 nitrogen and oxygen atoms in total. The van der Waals surface area contributed by atoms with Gasteiger partial charge in [-0.3, -0.25) is 0 Å². The molecule has 40 heavy (non-hydrogen) atoms. The van der Waals surface area contributed by atoms with Gasteiger partial charge < -0.3 is 18.9 Å². The second kappa shape index (κ2) is 16.9. The van der Waals surface area contributed by atoms with Gasteiger partial charge in [-0.05, 0) is 92.0 Å². The van der Waals surface area contributed by atoms with Crippen molar-refractivity contribution in [3.05, 3.63) is 59.7 Å². The van der Waals surface area contributed by atoms with Crippen molar-refractivity contribution in [2.75, 3.05) is 19.8 Å². The number of hydrogen-bond donors (Lipinski definition) is 0. The molecular formula is C34H48O6. The molecule has 0 aliphatic heterocycles. The van der Waals surface area contributed by atoms with Gasteiger partial charge in [-0.1, -0.05) is 59.8 Å². The summed E-state index contributed by atoms with van der Waals surface area (Å²) in [5, 5.41) is 0. The predicted octanol–water partition coefficient (Wildman–Crippen LogP) is 8.28. The summed E-state index contributed by atoms with van der Waals surface area (Å²) >= 11 is 0. The van der Waals surface area contributed by atoms with Gasteiger partial charge >= 0.3 is 11.9 Å². The minimum atomic E-state index is -0.481. The summed E-state index contributed by atoms with van der Waals surface area (Å²) in [6.45, 7) is 10.0. The number of benzene rings is 2. The molecule has 0 N–H and O–H groups in total. The number of ether oxygens (including phenoxy) is 4. The molecule has 2 aromatic rings. The molecule has 3 unspecified atom stereocenters. The molecule has 1 aliphatic rings. The molecule has 0 bridgehead atoms. The van der Waals surface area contributed by atoms with Gasteiger partial charge in [-0.15, -0.1) is 0 Å². The first-order valence-electron chi connectivity index (χ1n) is 15.2. The summed E-state index contributed by atoms with van der Waals surface area (Å²) in [5.74, 6) is 1.79. The van der Waals surface area contributed by atoms with E-state index >= 15 is 0 Å². The first-order valence-corrected chi connectivity index (χ1v) is 15.2. The van der Waals surface area contributed by atoms with Crippen molar-refractivity contribution in [1.29, 1.82) is 0 Å². The third kappa shape index (κ3) is 10.5. The molecule has 0 heterocycles. The Hall–Kier alpha value is -3.02. The quantitative estimate of drug-likeness (QED) is 0.195. The fraction of sp³-hybridized carbons (Fsp3) is 0.588. The lowest BCUT2D eigenvalue weighted by Crippen LogP contribution is -2.33. The minimum Gasteiger partial charge on any atom is -0.493 e. The Balaban J connectivity index is 1.55. The smallest absolute Gasteiger partial charge is 0.338 e. The third-order valence-electron chi connectivity index (χ3n) is 7.62. The van der Waals surface area contributed by atoms with E-state index in [1.165, 1.54) is 6.42 Å². The van der Waals surface area contributed by atoms with Gasteiger partial charge in [0, 0.05) is 0 Å². The second-order valence-electron chi connectivity index (χ2n) is 11.4. The van der Waals surface area contributed by atoms with E-state index in [4.69, 9.17) is 18.9 Å². The van der Waals surface area contributed by atoms with Crippen LogP contribution in [0.15, 0.2) is 48.5 Å². The molecule has 0 aromatic heterocycles. The molecule has 220 valence electrons. The van der Waals surface area contributed by atoms with Crippen LogP contribution in [0.4, 0.5) is 0 Å². The van der Waals surface area contributed by atoms with Crippen LogP contribution in [0.3, 0.4) is 0 Å². The molecule has 1 fully saturated rings. The Bertz CT molecular complexity index is 1010. The maximum Gasteiger partial charge on any atom is 0.338 e. The predicted molar refractivity (Wildman–Crippen MR) is 158 cm³/mol. The van der Waals surface area contributed by atoms with Crippen molar-refractivity contribution in [3.63, 3.8) is 0 Å². The number of esters is 2. The molecule has 1 saturated carbocycles. The Morgan fingerprint density at radius 2 is 1.18 bits per heavy atom. The molecule has 3 rings (SSSR count). The monoisotopic (exact) mass is 552 g/mol. The van der Waals surface area contributed by atoms with Gasteiger partial charge in [-0.2, -0.15) is 0 Å². The Labute approximate surface area is 240 Å². The van der Waals surface area contributed by atoms with Crippen molar-refractivity contribution in [3.8, 4) is 11.5 Å². The second-order valence-corrected chi connectivity index (χ2v) is 11.4. The van der Waals surface area contributed by atoms with E-state index in [2.05, 4.69) is 27.7 Å². The van der Waals surface area contributed by atoms with Crippen molar-refractivity contribution < 1.29 is 28.5 Å². The molecule has 1 aliphatic carbocycles. The van der Waals surface area contributed by atoms with Crippen LogP contribution in [0.2, 0.25) is 0 Å². The number of hydrogen-bond acceptors (Lipinski definition) is 6. The van der Waals surface area contributed by atoms with Crippen molar-refractivity contribution >= 4 is 11.9 Å². The Morgan fingerprint density at radius 3 is 1.65 bits per heavy atom. The normalized spacial score (nSPS) is 16.0. The number of carbonyl (C=O) groups excluding carboxylic acids is 2. The first kappa shape index (κ1) is 31.5. The lowest BCUT2D eigenvalue weighted by Gasteiger charge is -2.29. The summed E-state index contributed by atoms with van der Waals surface area (Å²) in [6.07, 6.45) is 9.30. The molecule has 6 heteroatoms. The van der Waals surface area contributed by atoms with Gasteiger partial charge in [0.15, 0.2) is 0 Å². The van der Waals surface area contributed by atoms with Crippen LogP contribution in [0.25, 0.3) is 0 Å². The fourth-order valence-electron chi connectivity index (χ4n) is 5.22. The maximum atomic E-state index is 13.0. The average Bonchev–Trinajstić information content (AvgIpc) is 2.98. The molecule has 0 amide bonds. The van der Waals surface area contributed by atoms with Crippen molar-refractivity contribution in [1.82, 2.24) is 0 Å². The maximum absolute atomic E-state index is 13.0. The lowest BCUT2D eigenvalue weighted by atomic mass is 9.85. The molecule has 3 atom stereocenters. The molecule has 0 radical (unpaired) electrons. The van der Waals surface area contributed by atoms with E-state index in [0.717, 1.165) is 62.9 Å². The third-order valence-corrected chi connectivity index (χ3v) is 7.62. The Kier molecular flexibility index (Phi) is 13.3. The van der Waals surface area contributed by atoms with E-state index in [-0.39, 0.29) is 12.5 Å². The summed E-state index contributed by atoms with van der Waals surface area (Å²) in [7, 11) is 0. The highest BCUT2D eigenvalue weighted by Crippen LogP contribution is 2.29. The van der Waals surface area contributed by atoms with E-state index in [9.17, 15) is 9.59 Å². The topological polar surface area (TPSA) is 71.1 Å². The van der Waals surface area contributed by atoms with E-state index in [1.54, 1.807) is 36.4 Å². The summed E-state index contributed by atoms with van der Waals surface area (Å²) < 4.78 is 23.3. The largest absolute Gasteiger partial charge is 0.493 e. The van der Waals surface area contributed by atoms with Gasteiger partial charge in [-0.25, -0.2) is 9.59 Å². The van der Waals surface area contributed by atoms with Gasteiger partial charge in [0.25, 0.3) is 0 Å². The lowest BCUT2D eigenvalue weighted by molar-refractivity contribution is -0.0247. The molecule has 2 aromatic carbocycles. The highest BCUT2D eigenvalue weighted by atomic mass is 16.6. The van der Waals surface area contributed by atoms with E-state index in [0.29, 0.717) is 36.2 Å². The van der Waals surface area contributed by atoms with Crippen LogP contribution < -0.4 is 9.47 Å². The van der Waals surface area contributed by atoms with E-state index < -0.39 is 18.0 Å². The van der Waals surface area contributed by atoms with Crippen LogP contribution in [0.1, 0.15) is 106 Å². The zero-order valence-corrected chi connectivity index (χ0v) is 24.9. The standard InChI is InChI=1S/C34H48O6/c1-5-10-25(3)22-37-30-18-14-28(15-19-30)33(35)39-24-32(27-12-8-7-9-13-27)40-34(36)29-16-20-31(21-17-29)38-23-26(4)11-6-2/h14-21,25-27,32H,5-13,22-24H2,1-4H3. The first-order chi connectivity index (χ1) is 19.4. The zero-order chi connectivity index (χ0) is 28.7. The van der Waals surface area contributed by atoms with Crippen LogP contribution in [0.5, 0.6) is 11.5 Å². The van der Waals surface area contributed by atoms with Crippen LogP contribution >= 0.6 is 0 Å². The number of rotatable bonds is 16.